The number of aryl methyl sites for hydroxylation is 2. The Labute approximate surface area is 250 Å². The van der Waals surface area contributed by atoms with Crippen molar-refractivity contribution in [2.75, 3.05) is 11.9 Å². The van der Waals surface area contributed by atoms with Crippen molar-refractivity contribution in [3.05, 3.63) is 76.2 Å². The zero-order valence-electron chi connectivity index (χ0n) is 25.2. The zero-order chi connectivity index (χ0) is 30.9. The van der Waals surface area contributed by atoms with Crippen LogP contribution in [0.2, 0.25) is 0 Å². The van der Waals surface area contributed by atoms with Gasteiger partial charge in [0.1, 0.15) is 0 Å². The van der Waals surface area contributed by atoms with Gasteiger partial charge in [-0.1, -0.05) is 30.3 Å². The first-order valence-electron chi connectivity index (χ1n) is 14.5. The van der Waals surface area contributed by atoms with Gasteiger partial charge in [0, 0.05) is 34.9 Å². The van der Waals surface area contributed by atoms with Crippen LogP contribution in [0, 0.1) is 19.7 Å². The fourth-order valence-electron chi connectivity index (χ4n) is 5.56. The van der Waals surface area contributed by atoms with Gasteiger partial charge in [0.25, 0.3) is 0 Å². The summed E-state index contributed by atoms with van der Waals surface area (Å²) in [4.78, 5) is 30.1. The number of carboxylic acids is 1. The smallest absolute Gasteiger partial charge is 0.337 e. The molecule has 1 unspecified atom stereocenters. The number of ether oxygens (including phenoxy) is 2. The number of aliphatic carboxylic acids is 1. The molecule has 0 bridgehead atoms. The molecule has 2 aromatic heterocycles. The van der Waals surface area contributed by atoms with E-state index in [1.54, 1.807) is 33.8 Å². The van der Waals surface area contributed by atoms with Gasteiger partial charge in [-0.05, 0) is 77.5 Å². The topological polar surface area (TPSA) is 115 Å². The van der Waals surface area contributed by atoms with E-state index in [4.69, 9.17) is 9.47 Å². The highest BCUT2D eigenvalue weighted by Gasteiger charge is 2.34. The molecule has 0 aliphatic carbocycles. The third kappa shape index (κ3) is 6.54. The number of carboxylic acid groups (broad SMARTS) is 1. The molecule has 0 spiro atoms. The number of hydrogen-bond donors (Lipinski definition) is 2. The van der Waals surface area contributed by atoms with Crippen molar-refractivity contribution < 1.29 is 28.6 Å². The Morgan fingerprint density at radius 1 is 1.19 bits per heavy atom. The molecule has 0 radical (unpaired) electrons. The second kappa shape index (κ2) is 12.1. The summed E-state index contributed by atoms with van der Waals surface area (Å²) in [5.74, 6) is -1.46. The summed E-state index contributed by atoms with van der Waals surface area (Å²) in [6.07, 6.45) is 1.67. The molecule has 1 aliphatic heterocycles. The number of rotatable bonds is 9. The van der Waals surface area contributed by atoms with Crippen LogP contribution in [-0.2, 0) is 27.2 Å². The molecule has 5 rings (SSSR count). The van der Waals surface area contributed by atoms with Crippen LogP contribution >= 0.6 is 0 Å². The number of anilines is 1. The molecular formula is C33H37FN4O5. The molecule has 9 nitrogen and oxygen atoms in total. The first-order chi connectivity index (χ1) is 20.4. The summed E-state index contributed by atoms with van der Waals surface area (Å²) >= 11 is 0. The third-order valence-electron chi connectivity index (χ3n) is 7.46. The maximum Gasteiger partial charge on any atom is 0.337 e. The highest BCUT2D eigenvalue weighted by Crippen LogP contribution is 2.41. The fourth-order valence-corrected chi connectivity index (χ4v) is 5.56. The zero-order valence-corrected chi connectivity index (χ0v) is 25.2. The van der Waals surface area contributed by atoms with Crippen LogP contribution in [0.5, 0.6) is 5.75 Å². The lowest BCUT2D eigenvalue weighted by Gasteiger charge is -2.28. The molecule has 226 valence electrons. The van der Waals surface area contributed by atoms with Crippen molar-refractivity contribution in [1.29, 1.82) is 0 Å². The number of hydrogen-bond acceptors (Lipinski definition) is 6. The number of nitrogens with zero attached hydrogens (tertiary/aromatic N) is 3. The largest absolute Gasteiger partial charge is 0.490 e. The minimum Gasteiger partial charge on any atom is -0.490 e. The molecule has 4 aromatic rings. The average Bonchev–Trinajstić information content (AvgIpc) is 3.34. The van der Waals surface area contributed by atoms with Crippen molar-refractivity contribution in [3.8, 4) is 17.0 Å². The van der Waals surface area contributed by atoms with Crippen LogP contribution in [0.1, 0.15) is 74.1 Å². The van der Waals surface area contributed by atoms with E-state index in [-0.39, 0.29) is 23.0 Å². The Balaban J connectivity index is 1.60. The highest BCUT2D eigenvalue weighted by molar-refractivity contribution is 5.90. The third-order valence-corrected chi connectivity index (χ3v) is 7.46. The van der Waals surface area contributed by atoms with Crippen molar-refractivity contribution in [2.45, 2.75) is 78.4 Å². The Bertz CT molecular complexity index is 1680. The maximum absolute atomic E-state index is 15.5. The predicted octanol–water partition coefficient (Wildman–Crippen LogP) is 6.38. The van der Waals surface area contributed by atoms with E-state index in [1.165, 1.54) is 10.6 Å². The molecule has 1 amide bonds. The number of amides is 1. The average molecular weight is 589 g/mol. The Kier molecular flexibility index (Phi) is 8.50. The van der Waals surface area contributed by atoms with E-state index in [2.05, 4.69) is 15.4 Å². The molecule has 10 heteroatoms. The molecule has 0 saturated carbocycles. The van der Waals surface area contributed by atoms with E-state index in [1.807, 2.05) is 37.3 Å². The molecule has 0 saturated heterocycles. The van der Waals surface area contributed by atoms with Gasteiger partial charge in [-0.3, -0.25) is 4.79 Å². The Morgan fingerprint density at radius 2 is 1.93 bits per heavy atom. The van der Waals surface area contributed by atoms with Gasteiger partial charge in [-0.2, -0.15) is 0 Å². The number of benzene rings is 2. The van der Waals surface area contributed by atoms with Crippen LogP contribution in [0.15, 0.2) is 42.5 Å². The summed E-state index contributed by atoms with van der Waals surface area (Å²) in [7, 11) is 0. The number of halogens is 1. The molecule has 0 fully saturated rings. The molecule has 1 aliphatic rings. The lowest BCUT2D eigenvalue weighted by Crippen LogP contribution is -2.29. The van der Waals surface area contributed by atoms with Gasteiger partial charge >= 0.3 is 5.97 Å². The fraction of sp³-hybridized carbons (Fsp3) is 0.394. The Hall–Kier alpha value is -4.31. The molecule has 2 N–H and O–H groups in total. The normalized spacial score (nSPS) is 13.8. The van der Waals surface area contributed by atoms with Gasteiger partial charge in [0.2, 0.25) is 5.91 Å². The van der Waals surface area contributed by atoms with Crippen LogP contribution < -0.4 is 10.1 Å². The number of nitrogens with one attached hydrogen (secondary N) is 1. The number of aromatic nitrogens is 3. The summed E-state index contributed by atoms with van der Waals surface area (Å²) in [5.41, 5.74) is 3.67. The molecule has 43 heavy (non-hydrogen) atoms. The van der Waals surface area contributed by atoms with Gasteiger partial charge in [-0.15, -0.1) is 5.10 Å². The number of fused-ring (bicyclic) bond motifs is 2. The lowest BCUT2D eigenvalue weighted by molar-refractivity contribution is -0.160. The van der Waals surface area contributed by atoms with Crippen LogP contribution in [0.4, 0.5) is 10.2 Å². The van der Waals surface area contributed by atoms with Crippen molar-refractivity contribution in [2.24, 2.45) is 0 Å². The SMILES string of the molecule is Cc1nc2cc(NC(=O)CCCc3ccccc3)nn2c(-c2cc(F)c3c(c2C)CCCO3)c1C(OC(C)(C)C)C(=O)O. The second-order valence-corrected chi connectivity index (χ2v) is 11.9. The Morgan fingerprint density at radius 3 is 2.63 bits per heavy atom. The van der Waals surface area contributed by atoms with E-state index < -0.39 is 23.5 Å². The lowest BCUT2D eigenvalue weighted by atomic mass is 9.91. The maximum atomic E-state index is 15.5. The highest BCUT2D eigenvalue weighted by atomic mass is 19.1. The molecule has 3 heterocycles. The van der Waals surface area contributed by atoms with Gasteiger partial charge < -0.3 is 19.9 Å². The summed E-state index contributed by atoms with van der Waals surface area (Å²) < 4.78 is 28.7. The first kappa shape index (κ1) is 30.2. The van der Waals surface area contributed by atoms with E-state index >= 15 is 4.39 Å². The predicted molar refractivity (Wildman–Crippen MR) is 161 cm³/mol. The van der Waals surface area contributed by atoms with Crippen molar-refractivity contribution in [1.82, 2.24) is 14.6 Å². The van der Waals surface area contributed by atoms with Crippen molar-refractivity contribution >= 4 is 23.3 Å². The summed E-state index contributed by atoms with van der Waals surface area (Å²) in [6.45, 7) is 9.30. The summed E-state index contributed by atoms with van der Waals surface area (Å²) in [6, 6.07) is 12.9. The minimum atomic E-state index is -1.41. The van der Waals surface area contributed by atoms with Crippen molar-refractivity contribution in [3.63, 3.8) is 0 Å². The van der Waals surface area contributed by atoms with Crippen LogP contribution in [0.25, 0.3) is 16.9 Å². The first-order valence-corrected chi connectivity index (χ1v) is 14.5. The van der Waals surface area contributed by atoms with E-state index in [0.717, 1.165) is 29.5 Å². The molecule has 2 aromatic carbocycles. The summed E-state index contributed by atoms with van der Waals surface area (Å²) in [5, 5.41) is 17.8. The standard InChI is InChI=1S/C33H37FN4O5/c1-19-22-14-10-16-42-30(22)24(34)17-23(19)29-28(31(32(40)41)43-33(3,4)5)20(2)35-26-18-25(37-38(26)29)36-27(39)15-9-13-21-11-7-6-8-12-21/h6-8,11-12,17-18,31H,9-10,13-16H2,1-5H3,(H,40,41)(H,36,37,39). The van der Waals surface area contributed by atoms with Gasteiger partial charge in [0.15, 0.2) is 29.1 Å². The van der Waals surface area contributed by atoms with Gasteiger partial charge in [-0.25, -0.2) is 18.7 Å². The molecular weight excluding hydrogens is 551 g/mol. The van der Waals surface area contributed by atoms with Gasteiger partial charge in [0.05, 0.1) is 17.9 Å². The monoisotopic (exact) mass is 588 g/mol. The molecule has 1 atom stereocenters. The quantitative estimate of drug-likeness (QED) is 0.233. The minimum absolute atomic E-state index is 0.203. The van der Waals surface area contributed by atoms with E-state index in [9.17, 15) is 14.7 Å². The van der Waals surface area contributed by atoms with Crippen LogP contribution in [0.3, 0.4) is 0 Å². The van der Waals surface area contributed by atoms with Crippen LogP contribution in [-0.4, -0.2) is 43.8 Å². The number of carbonyl (C=O) groups is 2. The number of carbonyl (C=O) groups excluding carboxylic acids is 1. The second-order valence-electron chi connectivity index (χ2n) is 11.9. The van der Waals surface area contributed by atoms with E-state index in [0.29, 0.717) is 48.5 Å².